The van der Waals surface area contributed by atoms with Crippen LogP contribution in [0.3, 0.4) is 0 Å². The molecular weight excluding hydrogens is 380 g/mol. The van der Waals surface area contributed by atoms with Crippen molar-refractivity contribution >= 4 is 27.3 Å². The number of sulfonamides is 1. The van der Waals surface area contributed by atoms with Crippen LogP contribution in [0.25, 0.3) is 0 Å². The van der Waals surface area contributed by atoms with E-state index in [0.29, 0.717) is 35.8 Å². The number of nitrogens with zero attached hydrogens (tertiary/aromatic N) is 2. The van der Waals surface area contributed by atoms with Gasteiger partial charge in [-0.1, -0.05) is 20.3 Å². The maximum atomic E-state index is 12.7. The molecule has 6 nitrogen and oxygen atoms in total. The molecule has 1 aliphatic heterocycles. The van der Waals surface area contributed by atoms with E-state index in [0.717, 1.165) is 36.5 Å². The Morgan fingerprint density at radius 3 is 2.52 bits per heavy atom. The van der Waals surface area contributed by atoms with Crippen LogP contribution >= 0.6 is 11.3 Å². The van der Waals surface area contributed by atoms with Gasteiger partial charge in [-0.15, -0.1) is 11.3 Å². The molecule has 0 aromatic carbocycles. The normalized spacial score (nSPS) is 17.9. The minimum Gasteiger partial charge on any atom is -0.354 e. The molecule has 1 aromatic heterocycles. The third kappa shape index (κ3) is 6.76. The average Bonchev–Trinajstić information content (AvgIpc) is 3.14. The van der Waals surface area contributed by atoms with Crippen molar-refractivity contribution in [3.8, 4) is 0 Å². The third-order valence-electron chi connectivity index (χ3n) is 4.76. The molecule has 2 N–H and O–H groups in total. The van der Waals surface area contributed by atoms with Gasteiger partial charge in [0.1, 0.15) is 4.21 Å². The summed E-state index contributed by atoms with van der Waals surface area (Å²) in [6.07, 6.45) is 5.29. The fraction of sp³-hybridized carbons (Fsp3) is 0.737. The van der Waals surface area contributed by atoms with E-state index in [2.05, 4.69) is 36.4 Å². The van der Waals surface area contributed by atoms with E-state index in [1.807, 2.05) is 6.07 Å². The Kier molecular flexibility index (Phi) is 8.57. The first-order valence-corrected chi connectivity index (χ1v) is 12.1. The first-order valence-electron chi connectivity index (χ1n) is 9.89. The van der Waals surface area contributed by atoms with Crippen LogP contribution in [0, 0.1) is 5.92 Å². The van der Waals surface area contributed by atoms with Crippen LogP contribution in [0.4, 0.5) is 0 Å². The predicted octanol–water partition coefficient (Wildman–Crippen LogP) is 3.41. The molecular formula is C19H34N4O2S2. The lowest BCUT2D eigenvalue weighted by Crippen LogP contribution is -2.41. The van der Waals surface area contributed by atoms with E-state index in [-0.39, 0.29) is 0 Å². The Labute approximate surface area is 168 Å². The second-order valence-corrected chi connectivity index (χ2v) is 11.0. The Hall–Kier alpha value is -1.12. The van der Waals surface area contributed by atoms with Crippen molar-refractivity contribution in [3.05, 3.63) is 17.0 Å². The topological polar surface area (TPSA) is 73.8 Å². The average molecular weight is 415 g/mol. The summed E-state index contributed by atoms with van der Waals surface area (Å²) >= 11 is 1.34. The fourth-order valence-electron chi connectivity index (χ4n) is 3.08. The molecule has 2 rings (SSSR count). The third-order valence-corrected chi connectivity index (χ3v) is 8.21. The van der Waals surface area contributed by atoms with E-state index < -0.39 is 10.0 Å². The first kappa shape index (κ1) is 22.2. The Balaban J connectivity index is 1.89. The van der Waals surface area contributed by atoms with Crippen molar-refractivity contribution in [2.75, 3.05) is 20.1 Å². The molecule has 0 radical (unpaired) electrons. The summed E-state index contributed by atoms with van der Waals surface area (Å²) in [4.78, 5) is 5.26. The van der Waals surface area contributed by atoms with Gasteiger partial charge >= 0.3 is 0 Å². The number of guanidine groups is 1. The van der Waals surface area contributed by atoms with Gasteiger partial charge in [0, 0.05) is 31.1 Å². The lowest BCUT2D eigenvalue weighted by atomic mass is 10.0. The zero-order chi connectivity index (χ0) is 19.9. The predicted molar refractivity (Wildman–Crippen MR) is 114 cm³/mol. The second kappa shape index (κ2) is 10.4. The highest BCUT2D eigenvalue weighted by Crippen LogP contribution is 2.27. The second-order valence-electron chi connectivity index (χ2n) is 7.63. The summed E-state index contributed by atoms with van der Waals surface area (Å²) in [7, 11) is -1.59. The minimum atomic E-state index is -3.34. The van der Waals surface area contributed by atoms with Crippen molar-refractivity contribution < 1.29 is 8.42 Å². The summed E-state index contributed by atoms with van der Waals surface area (Å²) in [6, 6.07) is 3.97. The smallest absolute Gasteiger partial charge is 0.252 e. The molecule has 0 aliphatic carbocycles. The van der Waals surface area contributed by atoms with Gasteiger partial charge in [0.15, 0.2) is 5.96 Å². The van der Waals surface area contributed by atoms with Crippen LogP contribution in [0.1, 0.15) is 57.8 Å². The molecule has 1 aromatic rings. The van der Waals surface area contributed by atoms with E-state index >= 15 is 0 Å². The van der Waals surface area contributed by atoms with Crippen molar-refractivity contribution in [3.63, 3.8) is 0 Å². The van der Waals surface area contributed by atoms with Gasteiger partial charge in [0.05, 0.1) is 6.54 Å². The van der Waals surface area contributed by atoms with E-state index in [1.165, 1.54) is 17.8 Å². The molecule has 0 spiro atoms. The minimum absolute atomic E-state index is 0.344. The van der Waals surface area contributed by atoms with Gasteiger partial charge < -0.3 is 10.6 Å². The molecule has 1 atom stereocenters. The van der Waals surface area contributed by atoms with Gasteiger partial charge in [-0.2, -0.15) is 4.31 Å². The van der Waals surface area contributed by atoms with Gasteiger partial charge in [-0.3, -0.25) is 4.99 Å². The van der Waals surface area contributed by atoms with Crippen molar-refractivity contribution in [2.45, 2.75) is 69.7 Å². The maximum absolute atomic E-state index is 12.7. The molecule has 0 saturated carbocycles. The number of aliphatic imine (C=N–C) groups is 1. The van der Waals surface area contributed by atoms with Crippen molar-refractivity contribution in [1.29, 1.82) is 0 Å². The lowest BCUT2D eigenvalue weighted by molar-refractivity contribution is 0.347. The number of hydrogen-bond donors (Lipinski definition) is 2. The SMILES string of the molecule is CN=C(NCc1ccc(S(=O)(=O)N2CCCCC2)s1)NC(C)CCC(C)C. The summed E-state index contributed by atoms with van der Waals surface area (Å²) in [6.45, 7) is 8.45. The standard InChI is InChI=1S/C19H34N4O2S2/c1-15(2)8-9-16(3)22-19(20-4)21-14-17-10-11-18(26-17)27(24,25)23-12-6-5-7-13-23/h10-11,15-16H,5-9,12-14H2,1-4H3,(H2,20,21,22). The highest BCUT2D eigenvalue weighted by atomic mass is 32.2. The Morgan fingerprint density at radius 2 is 1.89 bits per heavy atom. The van der Waals surface area contributed by atoms with Crippen LogP contribution < -0.4 is 10.6 Å². The van der Waals surface area contributed by atoms with Crippen molar-refractivity contribution in [2.24, 2.45) is 10.9 Å². The highest BCUT2D eigenvalue weighted by Gasteiger charge is 2.27. The molecule has 0 amide bonds. The molecule has 1 fully saturated rings. The molecule has 1 aliphatic rings. The zero-order valence-electron chi connectivity index (χ0n) is 17.0. The van der Waals surface area contributed by atoms with Crippen LogP contribution in [-0.2, 0) is 16.6 Å². The molecule has 2 heterocycles. The van der Waals surface area contributed by atoms with Crippen molar-refractivity contribution in [1.82, 2.24) is 14.9 Å². The molecule has 154 valence electrons. The summed E-state index contributed by atoms with van der Waals surface area (Å²) < 4.78 is 27.6. The number of rotatable bonds is 8. The summed E-state index contributed by atoms with van der Waals surface area (Å²) in [5, 5.41) is 6.69. The summed E-state index contributed by atoms with van der Waals surface area (Å²) in [5.74, 6) is 1.44. The molecule has 1 unspecified atom stereocenters. The van der Waals surface area contributed by atoms with Crippen LogP contribution in [0.5, 0.6) is 0 Å². The Bertz CT molecular complexity index is 707. The van der Waals surface area contributed by atoms with E-state index in [1.54, 1.807) is 17.4 Å². The van der Waals surface area contributed by atoms with E-state index in [9.17, 15) is 8.42 Å². The zero-order valence-corrected chi connectivity index (χ0v) is 18.6. The van der Waals surface area contributed by atoms with E-state index in [4.69, 9.17) is 0 Å². The number of thiophene rings is 1. The fourth-order valence-corrected chi connectivity index (χ4v) is 6.05. The molecule has 1 saturated heterocycles. The molecule has 27 heavy (non-hydrogen) atoms. The number of piperidine rings is 1. The number of nitrogens with one attached hydrogen (secondary N) is 2. The van der Waals surface area contributed by atoms with Gasteiger partial charge in [0.2, 0.25) is 0 Å². The molecule has 8 heteroatoms. The number of hydrogen-bond acceptors (Lipinski definition) is 4. The quantitative estimate of drug-likeness (QED) is 0.505. The summed E-state index contributed by atoms with van der Waals surface area (Å²) in [5.41, 5.74) is 0. The van der Waals surface area contributed by atoms with Gasteiger partial charge in [0.25, 0.3) is 10.0 Å². The van der Waals surface area contributed by atoms with Crippen LogP contribution in [0.15, 0.2) is 21.3 Å². The monoisotopic (exact) mass is 414 g/mol. The van der Waals surface area contributed by atoms with Gasteiger partial charge in [-0.05, 0) is 50.7 Å². The van der Waals surface area contributed by atoms with Crippen LogP contribution in [0.2, 0.25) is 0 Å². The molecule has 0 bridgehead atoms. The Morgan fingerprint density at radius 1 is 1.19 bits per heavy atom. The first-order chi connectivity index (χ1) is 12.8. The van der Waals surface area contributed by atoms with Gasteiger partial charge in [-0.25, -0.2) is 8.42 Å². The lowest BCUT2D eigenvalue weighted by Gasteiger charge is -2.25. The maximum Gasteiger partial charge on any atom is 0.252 e. The highest BCUT2D eigenvalue weighted by molar-refractivity contribution is 7.91. The largest absolute Gasteiger partial charge is 0.354 e. The van der Waals surface area contributed by atoms with Crippen LogP contribution in [-0.4, -0.2) is 44.9 Å².